The minimum absolute atomic E-state index is 0.298. The first kappa shape index (κ1) is 23.5. The van der Waals surface area contributed by atoms with Crippen LogP contribution >= 0.6 is 0 Å². The maximum absolute atomic E-state index is 13.8. The molecule has 2 heterocycles. The first-order valence-corrected chi connectivity index (χ1v) is 10.9. The van der Waals surface area contributed by atoms with Crippen LogP contribution in [0.15, 0.2) is 59.2 Å². The molecule has 0 fully saturated rings. The number of fused-ring (bicyclic) bond motifs is 2. The Morgan fingerprint density at radius 2 is 1.81 bits per heavy atom. The van der Waals surface area contributed by atoms with Crippen LogP contribution in [0.4, 0.5) is 13.2 Å². The maximum Gasteiger partial charge on any atom is 0.573 e. The minimum atomic E-state index is -4.86. The number of amides is 1. The molecule has 1 atom stereocenters. The van der Waals surface area contributed by atoms with Crippen molar-refractivity contribution in [2.45, 2.75) is 18.8 Å². The highest BCUT2D eigenvalue weighted by Crippen LogP contribution is 2.44. The van der Waals surface area contributed by atoms with Gasteiger partial charge in [0, 0.05) is 23.7 Å². The lowest BCUT2D eigenvalue weighted by Gasteiger charge is -2.39. The number of rotatable bonds is 5. The van der Waals surface area contributed by atoms with E-state index in [2.05, 4.69) is 15.1 Å². The van der Waals surface area contributed by atoms with Crippen molar-refractivity contribution >= 4 is 16.9 Å². The Kier molecular flexibility index (Phi) is 5.91. The second-order valence-corrected chi connectivity index (χ2v) is 8.14. The van der Waals surface area contributed by atoms with Gasteiger partial charge < -0.3 is 19.1 Å². The van der Waals surface area contributed by atoms with Crippen LogP contribution in [0, 0.1) is 0 Å². The summed E-state index contributed by atoms with van der Waals surface area (Å²) in [5.41, 5.74) is 3.20. The molecule has 0 spiro atoms. The van der Waals surface area contributed by atoms with E-state index in [4.69, 9.17) is 14.1 Å². The molecule has 0 saturated heterocycles. The predicted molar refractivity (Wildman–Crippen MR) is 121 cm³/mol. The Bertz CT molecular complexity index is 1420. The van der Waals surface area contributed by atoms with E-state index >= 15 is 0 Å². The normalized spacial score (nSPS) is 15.5. The Morgan fingerprint density at radius 1 is 1.00 bits per heavy atom. The smallest absolute Gasteiger partial charge is 0.497 e. The van der Waals surface area contributed by atoms with Crippen LogP contribution in [0.25, 0.3) is 11.0 Å². The van der Waals surface area contributed by atoms with Crippen LogP contribution < -0.4 is 14.2 Å². The number of methoxy groups -OCH3 is 2. The van der Waals surface area contributed by atoms with Crippen LogP contribution in [0.3, 0.4) is 0 Å². The van der Waals surface area contributed by atoms with Gasteiger partial charge in [-0.05, 0) is 64.3 Å². The van der Waals surface area contributed by atoms with Crippen molar-refractivity contribution < 1.29 is 36.8 Å². The molecule has 11 heteroatoms. The molecule has 1 aromatic heterocycles. The summed E-state index contributed by atoms with van der Waals surface area (Å²) in [6, 6.07) is 13.2. The number of halogens is 3. The molecule has 1 aliphatic heterocycles. The van der Waals surface area contributed by atoms with E-state index in [1.165, 1.54) is 32.4 Å². The number of benzene rings is 3. The minimum Gasteiger partial charge on any atom is -0.497 e. The number of hydrogen-bond donors (Lipinski definition) is 0. The fraction of sp³-hybridized carbons (Fsp3) is 0.240. The van der Waals surface area contributed by atoms with Gasteiger partial charge >= 0.3 is 6.36 Å². The summed E-state index contributed by atoms with van der Waals surface area (Å²) in [6.45, 7) is 0.298. The summed E-state index contributed by atoms with van der Waals surface area (Å²) in [6.07, 6.45) is -4.37. The molecule has 186 valence electrons. The Hall–Kier alpha value is -4.28. The SMILES string of the molecule is COc1cc2c(c(OC)c1)C(c1cccc(OC(F)(F)F)c1)N(C(=O)c1ccc3nonc3c1)CC2. The standard InChI is InChI=1S/C25H20F3N3O5/c1-33-18-10-14-8-9-31(24(32)16-6-7-19-20(12-16)30-36-29-19)23(22(14)21(13-18)34-2)15-4-3-5-17(11-15)35-25(26,27)28/h3-7,10-13,23H,8-9H2,1-2H3. The van der Waals surface area contributed by atoms with Crippen LogP contribution in [0.2, 0.25) is 0 Å². The average Bonchev–Trinajstić information content (AvgIpc) is 3.34. The highest BCUT2D eigenvalue weighted by atomic mass is 19.4. The number of carbonyl (C=O) groups is 1. The number of aromatic nitrogens is 2. The van der Waals surface area contributed by atoms with E-state index in [9.17, 15) is 18.0 Å². The second-order valence-electron chi connectivity index (χ2n) is 8.14. The lowest BCUT2D eigenvalue weighted by atomic mass is 9.86. The average molecular weight is 499 g/mol. The van der Waals surface area contributed by atoms with Gasteiger partial charge in [0.15, 0.2) is 0 Å². The Labute approximate surface area is 203 Å². The summed E-state index contributed by atoms with van der Waals surface area (Å²) in [4.78, 5) is 15.4. The molecular weight excluding hydrogens is 479 g/mol. The summed E-state index contributed by atoms with van der Waals surface area (Å²) < 4.78 is 58.7. The zero-order chi connectivity index (χ0) is 25.4. The predicted octanol–water partition coefficient (Wildman–Crippen LogP) is 4.93. The van der Waals surface area contributed by atoms with Gasteiger partial charge in [0.2, 0.25) is 0 Å². The van der Waals surface area contributed by atoms with Crippen molar-refractivity contribution in [3.8, 4) is 17.2 Å². The zero-order valence-electron chi connectivity index (χ0n) is 19.2. The molecule has 0 N–H and O–H groups in total. The van der Waals surface area contributed by atoms with Crippen molar-refractivity contribution in [3.05, 3.63) is 76.9 Å². The van der Waals surface area contributed by atoms with Gasteiger partial charge in [0.25, 0.3) is 5.91 Å². The molecular formula is C25H20F3N3O5. The molecule has 8 nitrogen and oxygen atoms in total. The van der Waals surface area contributed by atoms with Crippen LogP contribution in [-0.2, 0) is 6.42 Å². The Morgan fingerprint density at radius 3 is 2.56 bits per heavy atom. The van der Waals surface area contributed by atoms with Gasteiger partial charge in [-0.15, -0.1) is 13.2 Å². The number of carbonyl (C=O) groups excluding carboxylic acids is 1. The quantitative estimate of drug-likeness (QED) is 0.385. The highest BCUT2D eigenvalue weighted by molar-refractivity contribution is 5.98. The topological polar surface area (TPSA) is 86.9 Å². The fourth-order valence-corrected chi connectivity index (χ4v) is 4.51. The maximum atomic E-state index is 13.8. The molecule has 4 aromatic rings. The van der Waals surface area contributed by atoms with Crippen molar-refractivity contribution in [2.24, 2.45) is 0 Å². The van der Waals surface area contributed by atoms with Crippen LogP contribution in [0.5, 0.6) is 17.2 Å². The Balaban J connectivity index is 1.64. The third kappa shape index (κ3) is 4.39. The lowest BCUT2D eigenvalue weighted by molar-refractivity contribution is -0.274. The molecule has 0 aliphatic carbocycles. The molecule has 0 bridgehead atoms. The van der Waals surface area contributed by atoms with E-state index in [1.807, 2.05) is 6.07 Å². The van der Waals surface area contributed by atoms with E-state index in [-0.39, 0.29) is 11.7 Å². The number of hydrogen-bond acceptors (Lipinski definition) is 7. The third-order valence-corrected chi connectivity index (χ3v) is 6.03. The fourth-order valence-electron chi connectivity index (χ4n) is 4.51. The van der Waals surface area contributed by atoms with Crippen molar-refractivity contribution in [1.29, 1.82) is 0 Å². The van der Waals surface area contributed by atoms with Gasteiger partial charge in [-0.3, -0.25) is 4.79 Å². The molecule has 3 aromatic carbocycles. The summed E-state index contributed by atoms with van der Waals surface area (Å²) in [5.74, 6) is 0.296. The molecule has 1 aliphatic rings. The molecule has 1 amide bonds. The largest absolute Gasteiger partial charge is 0.573 e. The van der Waals surface area contributed by atoms with E-state index < -0.39 is 12.4 Å². The second kappa shape index (κ2) is 9.06. The molecule has 0 saturated carbocycles. The van der Waals surface area contributed by atoms with Crippen LogP contribution in [0.1, 0.15) is 33.1 Å². The van der Waals surface area contributed by atoms with E-state index in [0.717, 1.165) is 5.56 Å². The van der Waals surface area contributed by atoms with Gasteiger partial charge in [0.05, 0.1) is 20.3 Å². The lowest BCUT2D eigenvalue weighted by Crippen LogP contribution is -2.41. The van der Waals surface area contributed by atoms with E-state index in [1.54, 1.807) is 35.2 Å². The van der Waals surface area contributed by atoms with Crippen LogP contribution in [-0.4, -0.2) is 48.2 Å². The van der Waals surface area contributed by atoms with Gasteiger partial charge in [0.1, 0.15) is 28.3 Å². The molecule has 1 unspecified atom stereocenters. The summed E-state index contributed by atoms with van der Waals surface area (Å²) >= 11 is 0. The zero-order valence-corrected chi connectivity index (χ0v) is 19.2. The third-order valence-electron chi connectivity index (χ3n) is 6.03. The number of ether oxygens (including phenoxy) is 3. The van der Waals surface area contributed by atoms with Crippen molar-refractivity contribution in [3.63, 3.8) is 0 Å². The molecule has 5 rings (SSSR count). The number of alkyl halides is 3. The molecule has 0 radical (unpaired) electrons. The monoisotopic (exact) mass is 499 g/mol. The van der Waals surface area contributed by atoms with Gasteiger partial charge in [-0.2, -0.15) is 0 Å². The van der Waals surface area contributed by atoms with E-state index in [0.29, 0.717) is 52.2 Å². The van der Waals surface area contributed by atoms with Crippen molar-refractivity contribution in [2.75, 3.05) is 20.8 Å². The summed E-state index contributed by atoms with van der Waals surface area (Å²) in [7, 11) is 3.02. The van der Waals surface area contributed by atoms with Gasteiger partial charge in [-0.1, -0.05) is 12.1 Å². The summed E-state index contributed by atoms with van der Waals surface area (Å²) in [5, 5.41) is 7.56. The first-order valence-electron chi connectivity index (χ1n) is 10.9. The highest BCUT2D eigenvalue weighted by Gasteiger charge is 2.37. The first-order chi connectivity index (χ1) is 17.3. The molecule has 36 heavy (non-hydrogen) atoms. The van der Waals surface area contributed by atoms with Gasteiger partial charge in [-0.25, -0.2) is 4.63 Å². The number of nitrogens with zero attached hydrogens (tertiary/aromatic N) is 3. The van der Waals surface area contributed by atoms with Crippen molar-refractivity contribution in [1.82, 2.24) is 15.2 Å².